The Bertz CT molecular complexity index is 1260. The molecule has 3 heterocycles. The van der Waals surface area contributed by atoms with Crippen molar-refractivity contribution in [3.8, 4) is 11.6 Å². The summed E-state index contributed by atoms with van der Waals surface area (Å²) in [4.78, 5) is 21.3. The predicted molar refractivity (Wildman–Crippen MR) is 121 cm³/mol. The lowest BCUT2D eigenvalue weighted by molar-refractivity contribution is 0.102. The highest BCUT2D eigenvalue weighted by Crippen LogP contribution is 2.28. The van der Waals surface area contributed by atoms with Crippen LogP contribution >= 0.6 is 22.6 Å². The Balaban J connectivity index is 1.56. The Hall–Kier alpha value is -3.28. The lowest BCUT2D eigenvalue weighted by atomic mass is 10.1. The summed E-state index contributed by atoms with van der Waals surface area (Å²) < 4.78 is 26.3. The Morgan fingerprint density at radius 3 is 2.81 bits per heavy atom. The number of halogens is 2. The van der Waals surface area contributed by atoms with E-state index in [2.05, 4.69) is 25.5 Å². The number of H-pyrrole nitrogens is 1. The molecule has 0 aliphatic heterocycles. The lowest BCUT2D eigenvalue weighted by Crippen LogP contribution is -2.16. The summed E-state index contributed by atoms with van der Waals surface area (Å²) in [5, 5.41) is 9.97. The molecule has 158 valence electrons. The molecular weight excluding hydrogens is 516 g/mol. The second-order valence-corrected chi connectivity index (χ2v) is 7.82. The average Bonchev–Trinajstić information content (AvgIpc) is 3.17. The third kappa shape index (κ3) is 4.43. The second-order valence-electron chi connectivity index (χ2n) is 6.66. The van der Waals surface area contributed by atoms with E-state index in [1.54, 1.807) is 24.4 Å². The van der Waals surface area contributed by atoms with Crippen molar-refractivity contribution in [3.63, 3.8) is 0 Å². The molecule has 1 aromatic carbocycles. The van der Waals surface area contributed by atoms with Crippen molar-refractivity contribution in [1.82, 2.24) is 20.2 Å². The Morgan fingerprint density at radius 2 is 2.06 bits per heavy atom. The molecule has 0 saturated heterocycles. The van der Waals surface area contributed by atoms with Gasteiger partial charge in [0.2, 0.25) is 5.88 Å². The molecule has 4 aromatic rings. The number of rotatable bonds is 6. The molecule has 0 bridgehead atoms. The first kappa shape index (κ1) is 21.0. The number of aromatic nitrogens is 4. The zero-order valence-corrected chi connectivity index (χ0v) is 18.7. The molecule has 1 amide bonds. The van der Waals surface area contributed by atoms with Gasteiger partial charge in [0.05, 0.1) is 35.6 Å². The van der Waals surface area contributed by atoms with Gasteiger partial charge in [0, 0.05) is 9.77 Å². The number of carbonyl (C=O) groups excluding carboxylic acids is 1. The first-order valence-electron chi connectivity index (χ1n) is 9.18. The Morgan fingerprint density at radius 1 is 1.23 bits per heavy atom. The van der Waals surface area contributed by atoms with Gasteiger partial charge in [0.1, 0.15) is 6.61 Å². The largest absolute Gasteiger partial charge is 0.484 e. The van der Waals surface area contributed by atoms with E-state index in [9.17, 15) is 4.79 Å². The fraction of sp³-hybridized carbons (Fsp3) is 0.143. The predicted octanol–water partition coefficient (Wildman–Crippen LogP) is 4.24. The molecule has 8 nitrogen and oxygen atoms in total. The number of aryl methyl sites for hydroxylation is 1. The number of amides is 1. The maximum atomic E-state index is 15.1. The summed E-state index contributed by atoms with van der Waals surface area (Å²) in [6, 6.07) is 8.47. The number of hydrogen-bond acceptors (Lipinski definition) is 6. The number of nitrogens with one attached hydrogen (secondary N) is 2. The number of benzene rings is 1. The van der Waals surface area contributed by atoms with Gasteiger partial charge in [-0.3, -0.25) is 14.9 Å². The van der Waals surface area contributed by atoms with Gasteiger partial charge < -0.3 is 14.8 Å². The van der Waals surface area contributed by atoms with Crippen molar-refractivity contribution in [2.24, 2.45) is 0 Å². The smallest absolute Gasteiger partial charge is 0.259 e. The zero-order valence-electron chi connectivity index (χ0n) is 16.6. The number of fused-ring (bicyclic) bond motifs is 1. The molecule has 31 heavy (non-hydrogen) atoms. The van der Waals surface area contributed by atoms with E-state index in [-0.39, 0.29) is 17.9 Å². The molecule has 0 saturated carbocycles. The van der Waals surface area contributed by atoms with Crippen molar-refractivity contribution >= 4 is 45.2 Å². The Kier molecular flexibility index (Phi) is 5.98. The molecule has 3 aromatic heterocycles. The minimum atomic E-state index is -0.744. The Labute approximate surface area is 190 Å². The fourth-order valence-electron chi connectivity index (χ4n) is 2.89. The number of aromatic amines is 1. The number of carbonyl (C=O) groups is 1. The van der Waals surface area contributed by atoms with Crippen molar-refractivity contribution in [2.75, 3.05) is 12.4 Å². The number of nitrogens with zero attached hydrogens (tertiary/aromatic N) is 3. The summed E-state index contributed by atoms with van der Waals surface area (Å²) in [6.45, 7) is 2.01. The van der Waals surface area contributed by atoms with Crippen LogP contribution in [-0.4, -0.2) is 33.2 Å². The minimum absolute atomic E-state index is 0.0296. The zero-order chi connectivity index (χ0) is 22.0. The van der Waals surface area contributed by atoms with Gasteiger partial charge in [0.15, 0.2) is 17.2 Å². The highest BCUT2D eigenvalue weighted by Gasteiger charge is 2.21. The van der Waals surface area contributed by atoms with Gasteiger partial charge in [-0.15, -0.1) is 5.10 Å². The van der Waals surface area contributed by atoms with Crippen LogP contribution in [0.1, 0.15) is 21.6 Å². The van der Waals surface area contributed by atoms with E-state index < -0.39 is 11.7 Å². The van der Waals surface area contributed by atoms with E-state index in [0.29, 0.717) is 31.9 Å². The van der Waals surface area contributed by atoms with Crippen LogP contribution in [0.25, 0.3) is 11.0 Å². The SMILES string of the molecule is COc1n[nH]c2ncc(NC(=O)c3c(I)ccc(OCc4ccc(C)cn4)c3F)cc12. The summed E-state index contributed by atoms with van der Waals surface area (Å²) in [5.41, 5.74) is 2.44. The number of ether oxygens (including phenoxy) is 2. The van der Waals surface area contributed by atoms with E-state index in [1.807, 2.05) is 35.6 Å². The van der Waals surface area contributed by atoms with Crippen LogP contribution in [0.3, 0.4) is 0 Å². The van der Waals surface area contributed by atoms with Crippen LogP contribution in [-0.2, 0) is 6.61 Å². The van der Waals surface area contributed by atoms with Crippen LogP contribution in [0.4, 0.5) is 10.1 Å². The molecule has 0 spiro atoms. The first-order chi connectivity index (χ1) is 15.0. The van der Waals surface area contributed by atoms with Crippen LogP contribution in [0.2, 0.25) is 0 Å². The van der Waals surface area contributed by atoms with Crippen LogP contribution in [0.5, 0.6) is 11.6 Å². The van der Waals surface area contributed by atoms with Crippen molar-refractivity contribution in [1.29, 1.82) is 0 Å². The molecule has 0 atom stereocenters. The molecule has 0 aliphatic carbocycles. The highest BCUT2D eigenvalue weighted by atomic mass is 127. The molecule has 0 radical (unpaired) electrons. The molecule has 2 N–H and O–H groups in total. The summed E-state index contributed by atoms with van der Waals surface area (Å²) >= 11 is 1.91. The third-order valence-electron chi connectivity index (χ3n) is 4.46. The van der Waals surface area contributed by atoms with Gasteiger partial charge >= 0.3 is 0 Å². The molecule has 0 fully saturated rings. The van der Waals surface area contributed by atoms with E-state index >= 15 is 4.39 Å². The highest BCUT2D eigenvalue weighted by molar-refractivity contribution is 14.1. The van der Waals surface area contributed by atoms with Crippen molar-refractivity contribution in [2.45, 2.75) is 13.5 Å². The average molecular weight is 533 g/mol. The van der Waals surface area contributed by atoms with E-state index in [1.165, 1.54) is 19.4 Å². The van der Waals surface area contributed by atoms with Crippen molar-refractivity contribution < 1.29 is 18.7 Å². The maximum absolute atomic E-state index is 15.1. The molecule has 10 heteroatoms. The van der Waals surface area contributed by atoms with Gasteiger partial charge in [-0.25, -0.2) is 9.37 Å². The lowest BCUT2D eigenvalue weighted by Gasteiger charge is -2.12. The van der Waals surface area contributed by atoms with Crippen molar-refractivity contribution in [3.05, 3.63) is 68.9 Å². The summed E-state index contributed by atoms with van der Waals surface area (Å²) in [5.74, 6) is -1.05. The standard InChI is InChI=1S/C21H17FIN5O3/c1-11-3-4-12(24-8-11)10-31-16-6-5-15(23)17(18(16)22)20(29)26-13-7-14-19(25-9-13)27-28-21(14)30-2/h3-9H,10H2,1-2H3,(H,26,29)(H,25,27,28). The molecule has 0 aliphatic rings. The minimum Gasteiger partial charge on any atom is -0.484 e. The van der Waals surface area contributed by atoms with Crippen LogP contribution < -0.4 is 14.8 Å². The molecular formula is C21H17FIN5O3. The summed E-state index contributed by atoms with van der Waals surface area (Å²) in [6.07, 6.45) is 3.16. The second kappa shape index (κ2) is 8.84. The molecule has 4 rings (SSSR count). The van der Waals surface area contributed by atoms with Gasteiger partial charge in [-0.2, -0.15) is 0 Å². The summed E-state index contributed by atoms with van der Waals surface area (Å²) in [7, 11) is 1.48. The number of anilines is 1. The maximum Gasteiger partial charge on any atom is 0.259 e. The van der Waals surface area contributed by atoms with Crippen LogP contribution in [0.15, 0.2) is 42.7 Å². The first-order valence-corrected chi connectivity index (χ1v) is 10.3. The number of hydrogen-bond donors (Lipinski definition) is 2. The number of pyridine rings is 2. The normalized spacial score (nSPS) is 10.8. The molecule has 0 unspecified atom stereocenters. The monoisotopic (exact) mass is 533 g/mol. The number of methoxy groups -OCH3 is 1. The van der Waals surface area contributed by atoms with Crippen LogP contribution in [0, 0.1) is 16.3 Å². The van der Waals surface area contributed by atoms with Gasteiger partial charge in [-0.1, -0.05) is 6.07 Å². The van der Waals surface area contributed by atoms with Gasteiger partial charge in [-0.05, 0) is 59.3 Å². The quantitative estimate of drug-likeness (QED) is 0.360. The topological polar surface area (TPSA) is 102 Å². The third-order valence-corrected chi connectivity index (χ3v) is 5.36. The fourth-order valence-corrected chi connectivity index (χ4v) is 3.55. The van der Waals surface area contributed by atoms with E-state index in [0.717, 1.165) is 5.56 Å². The van der Waals surface area contributed by atoms with Gasteiger partial charge in [0.25, 0.3) is 5.91 Å². The van der Waals surface area contributed by atoms with E-state index in [4.69, 9.17) is 9.47 Å².